The van der Waals surface area contributed by atoms with E-state index in [1.165, 1.54) is 12.8 Å². The van der Waals surface area contributed by atoms with Gasteiger partial charge >= 0.3 is 0 Å². The van der Waals surface area contributed by atoms with Crippen molar-refractivity contribution in [3.63, 3.8) is 0 Å². The van der Waals surface area contributed by atoms with Crippen molar-refractivity contribution in [2.45, 2.75) is 38.5 Å². The van der Waals surface area contributed by atoms with Gasteiger partial charge in [0.2, 0.25) is 0 Å². The van der Waals surface area contributed by atoms with Crippen LogP contribution in [0.25, 0.3) is 0 Å². The van der Waals surface area contributed by atoms with Crippen molar-refractivity contribution in [3.8, 4) is 0 Å². The molecule has 6 nitrogen and oxygen atoms in total. The normalized spacial score (nSPS) is 19.5. The van der Waals surface area contributed by atoms with E-state index in [2.05, 4.69) is 15.6 Å². The van der Waals surface area contributed by atoms with Gasteiger partial charge in [0.25, 0.3) is 0 Å². The molecule has 0 amide bonds. The van der Waals surface area contributed by atoms with Crippen molar-refractivity contribution in [2.24, 2.45) is 16.8 Å². The van der Waals surface area contributed by atoms with Gasteiger partial charge in [-0.05, 0) is 50.4 Å². The van der Waals surface area contributed by atoms with Crippen LogP contribution in [-0.4, -0.2) is 65.7 Å². The number of hydrogen-bond acceptors (Lipinski definition) is 4. The fourth-order valence-corrected chi connectivity index (χ4v) is 2.68. The summed E-state index contributed by atoms with van der Waals surface area (Å²) in [4.78, 5) is 4.23. The quantitative estimate of drug-likeness (QED) is 0.322. The monoisotopic (exact) mass is 341 g/mol. The van der Waals surface area contributed by atoms with Gasteiger partial charge in [0.15, 0.2) is 5.96 Å². The van der Waals surface area contributed by atoms with Crippen molar-refractivity contribution < 1.29 is 14.2 Å². The zero-order chi connectivity index (χ0) is 16.9. The van der Waals surface area contributed by atoms with E-state index < -0.39 is 0 Å². The molecule has 2 aliphatic rings. The molecule has 1 aliphatic heterocycles. The van der Waals surface area contributed by atoms with Crippen molar-refractivity contribution in [1.82, 2.24) is 10.6 Å². The summed E-state index contributed by atoms with van der Waals surface area (Å²) in [5.74, 6) is 2.39. The fourth-order valence-electron chi connectivity index (χ4n) is 2.68. The molecule has 0 atom stereocenters. The average Bonchev–Trinajstić information content (AvgIpc) is 3.44. The first-order chi connectivity index (χ1) is 11.9. The fraction of sp³-hybridized carbons (Fsp3) is 0.944. The van der Waals surface area contributed by atoms with E-state index in [0.717, 1.165) is 90.3 Å². The summed E-state index contributed by atoms with van der Waals surface area (Å²) in [6, 6.07) is 0. The number of aliphatic imine (C=N–C) groups is 1. The van der Waals surface area contributed by atoms with Crippen LogP contribution in [0.2, 0.25) is 0 Å². The molecule has 1 aliphatic carbocycles. The molecular formula is C18H35N3O3. The van der Waals surface area contributed by atoms with Gasteiger partial charge in [-0.3, -0.25) is 4.99 Å². The average molecular weight is 341 g/mol. The Hall–Kier alpha value is -0.850. The zero-order valence-corrected chi connectivity index (χ0v) is 15.2. The molecule has 2 fully saturated rings. The van der Waals surface area contributed by atoms with Crippen LogP contribution in [0.15, 0.2) is 4.99 Å². The van der Waals surface area contributed by atoms with E-state index in [1.54, 1.807) is 7.05 Å². The first-order valence-electron chi connectivity index (χ1n) is 9.56. The molecule has 6 heteroatoms. The lowest BCUT2D eigenvalue weighted by atomic mass is 10.0. The third-order valence-electron chi connectivity index (χ3n) is 4.48. The van der Waals surface area contributed by atoms with Crippen LogP contribution in [-0.2, 0) is 14.2 Å². The Bertz CT molecular complexity index is 342. The maximum absolute atomic E-state index is 5.77. The second-order valence-corrected chi connectivity index (χ2v) is 6.78. The molecule has 1 saturated heterocycles. The summed E-state index contributed by atoms with van der Waals surface area (Å²) in [5, 5.41) is 6.65. The largest absolute Gasteiger partial charge is 0.381 e. The molecule has 0 aromatic rings. The minimum absolute atomic E-state index is 0.684. The molecule has 2 rings (SSSR count). The Labute approximate surface area is 146 Å². The standard InChI is InChI=1S/C18H35N3O3/c1-19-18(20-8-2-10-23-14-16-4-5-16)21-9-3-11-24-15-17-6-12-22-13-7-17/h16-17H,2-15H2,1H3,(H2,19,20,21). The molecule has 0 radical (unpaired) electrons. The number of ether oxygens (including phenoxy) is 3. The molecule has 2 N–H and O–H groups in total. The molecule has 1 heterocycles. The highest BCUT2D eigenvalue weighted by molar-refractivity contribution is 5.79. The van der Waals surface area contributed by atoms with E-state index in [-0.39, 0.29) is 0 Å². The smallest absolute Gasteiger partial charge is 0.190 e. The van der Waals surface area contributed by atoms with E-state index in [4.69, 9.17) is 14.2 Å². The second-order valence-electron chi connectivity index (χ2n) is 6.78. The van der Waals surface area contributed by atoms with Crippen LogP contribution in [0.3, 0.4) is 0 Å². The number of rotatable bonds is 12. The number of guanidine groups is 1. The van der Waals surface area contributed by atoms with Crippen LogP contribution in [0.4, 0.5) is 0 Å². The molecule has 140 valence electrons. The SMILES string of the molecule is CN=C(NCCCOCC1CCOCC1)NCCCOCC1CC1. The van der Waals surface area contributed by atoms with Gasteiger partial charge in [0.05, 0.1) is 0 Å². The molecule has 0 spiro atoms. The van der Waals surface area contributed by atoms with Gasteiger partial charge in [0, 0.05) is 59.8 Å². The highest BCUT2D eigenvalue weighted by Gasteiger charge is 2.20. The van der Waals surface area contributed by atoms with Crippen LogP contribution in [0, 0.1) is 11.8 Å². The lowest BCUT2D eigenvalue weighted by Gasteiger charge is -2.21. The predicted octanol–water partition coefficient (Wildman–Crippen LogP) is 1.80. The summed E-state index contributed by atoms with van der Waals surface area (Å²) in [5.41, 5.74) is 0. The van der Waals surface area contributed by atoms with Gasteiger partial charge in [-0.15, -0.1) is 0 Å². The van der Waals surface area contributed by atoms with Gasteiger partial charge in [-0.1, -0.05) is 0 Å². The topological polar surface area (TPSA) is 64.1 Å². The summed E-state index contributed by atoms with van der Waals surface area (Å²) in [7, 11) is 1.81. The number of hydrogen-bond donors (Lipinski definition) is 2. The lowest BCUT2D eigenvalue weighted by molar-refractivity contribution is 0.0203. The Kier molecular flexibility index (Phi) is 10.1. The summed E-state index contributed by atoms with van der Waals surface area (Å²) >= 11 is 0. The van der Waals surface area contributed by atoms with Crippen molar-refractivity contribution in [3.05, 3.63) is 0 Å². The van der Waals surface area contributed by atoms with Crippen LogP contribution in [0.5, 0.6) is 0 Å². The van der Waals surface area contributed by atoms with E-state index in [9.17, 15) is 0 Å². The molecule has 0 aromatic carbocycles. The minimum Gasteiger partial charge on any atom is -0.381 e. The highest BCUT2D eigenvalue weighted by Crippen LogP contribution is 2.28. The van der Waals surface area contributed by atoms with E-state index in [1.807, 2.05) is 0 Å². The maximum Gasteiger partial charge on any atom is 0.190 e. The van der Waals surface area contributed by atoms with Gasteiger partial charge < -0.3 is 24.8 Å². The third-order valence-corrected chi connectivity index (χ3v) is 4.48. The van der Waals surface area contributed by atoms with Gasteiger partial charge in [0.1, 0.15) is 0 Å². The Morgan fingerprint density at radius 2 is 1.46 bits per heavy atom. The molecule has 0 bridgehead atoms. The highest BCUT2D eigenvalue weighted by atomic mass is 16.5. The lowest BCUT2D eigenvalue weighted by Crippen LogP contribution is -2.38. The predicted molar refractivity (Wildman–Crippen MR) is 96.5 cm³/mol. The molecule has 1 saturated carbocycles. The van der Waals surface area contributed by atoms with Gasteiger partial charge in [-0.2, -0.15) is 0 Å². The van der Waals surface area contributed by atoms with Crippen molar-refractivity contribution >= 4 is 5.96 Å². The first kappa shape index (κ1) is 19.5. The molecule has 24 heavy (non-hydrogen) atoms. The number of nitrogens with one attached hydrogen (secondary N) is 2. The van der Waals surface area contributed by atoms with Crippen molar-refractivity contribution in [1.29, 1.82) is 0 Å². The van der Waals surface area contributed by atoms with E-state index in [0.29, 0.717) is 5.92 Å². The van der Waals surface area contributed by atoms with Crippen LogP contribution in [0.1, 0.15) is 38.5 Å². The Balaban J connectivity index is 1.36. The van der Waals surface area contributed by atoms with E-state index >= 15 is 0 Å². The van der Waals surface area contributed by atoms with Crippen LogP contribution >= 0.6 is 0 Å². The summed E-state index contributed by atoms with van der Waals surface area (Å²) < 4.78 is 16.7. The number of nitrogens with zero attached hydrogens (tertiary/aromatic N) is 1. The molecule has 0 aromatic heterocycles. The van der Waals surface area contributed by atoms with Crippen molar-refractivity contribution in [2.75, 3.05) is 59.8 Å². The molecule has 0 unspecified atom stereocenters. The first-order valence-corrected chi connectivity index (χ1v) is 9.56. The second kappa shape index (κ2) is 12.5. The maximum atomic E-state index is 5.77. The summed E-state index contributed by atoms with van der Waals surface area (Å²) in [6.45, 7) is 7.01. The van der Waals surface area contributed by atoms with Crippen LogP contribution < -0.4 is 10.6 Å². The third kappa shape index (κ3) is 9.45. The molecular weight excluding hydrogens is 306 g/mol. The minimum atomic E-state index is 0.684. The Morgan fingerprint density at radius 3 is 1.96 bits per heavy atom. The van der Waals surface area contributed by atoms with Gasteiger partial charge in [-0.25, -0.2) is 0 Å². The zero-order valence-electron chi connectivity index (χ0n) is 15.2. The Morgan fingerprint density at radius 1 is 0.917 bits per heavy atom. The summed E-state index contributed by atoms with van der Waals surface area (Å²) in [6.07, 6.45) is 7.00.